The van der Waals surface area contributed by atoms with Gasteiger partial charge in [0.25, 0.3) is 5.91 Å². The molecular formula is C17H27N3O. The largest absolute Gasteiger partial charge is 0.352 e. The van der Waals surface area contributed by atoms with Gasteiger partial charge in [-0.2, -0.15) is 0 Å². The molecule has 3 N–H and O–H groups in total. The number of benzene rings is 1. The number of nitrogens with two attached hydrogens (primary N) is 1. The summed E-state index contributed by atoms with van der Waals surface area (Å²) in [6, 6.07) is 7.49. The van der Waals surface area contributed by atoms with Crippen LogP contribution >= 0.6 is 0 Å². The van der Waals surface area contributed by atoms with E-state index in [1.54, 1.807) is 0 Å². The summed E-state index contributed by atoms with van der Waals surface area (Å²) >= 11 is 0. The lowest BCUT2D eigenvalue weighted by Crippen LogP contribution is -2.35. The van der Waals surface area contributed by atoms with Gasteiger partial charge in [-0.25, -0.2) is 0 Å². The quantitative estimate of drug-likeness (QED) is 0.788. The molecule has 0 aromatic heterocycles. The summed E-state index contributed by atoms with van der Waals surface area (Å²) in [6.45, 7) is 7.07. The maximum absolute atomic E-state index is 12.0. The number of hydrogen-bond acceptors (Lipinski definition) is 3. The Labute approximate surface area is 127 Å². The first kappa shape index (κ1) is 16.0. The molecule has 0 spiro atoms. The number of amides is 1. The Balaban J connectivity index is 1.64. The molecule has 1 heterocycles. The lowest BCUT2D eigenvalue weighted by molar-refractivity contribution is 0.0950. The van der Waals surface area contributed by atoms with Crippen molar-refractivity contribution < 1.29 is 4.79 Å². The van der Waals surface area contributed by atoms with E-state index in [2.05, 4.69) is 17.1 Å². The molecule has 4 heteroatoms. The minimum Gasteiger partial charge on any atom is -0.352 e. The highest BCUT2D eigenvalue weighted by molar-refractivity contribution is 5.94. The highest BCUT2D eigenvalue weighted by Crippen LogP contribution is 2.15. The summed E-state index contributed by atoms with van der Waals surface area (Å²) < 4.78 is 0. The van der Waals surface area contributed by atoms with E-state index in [0.29, 0.717) is 12.1 Å². The average Bonchev–Trinajstić information content (AvgIpc) is 2.53. The fourth-order valence-corrected chi connectivity index (χ4v) is 2.68. The van der Waals surface area contributed by atoms with Gasteiger partial charge >= 0.3 is 0 Å². The first-order chi connectivity index (χ1) is 10.2. The molecule has 0 bridgehead atoms. The summed E-state index contributed by atoms with van der Waals surface area (Å²) in [5.74, 6) is 0.878. The van der Waals surface area contributed by atoms with Crippen LogP contribution in [0, 0.1) is 5.92 Å². The topological polar surface area (TPSA) is 58.4 Å². The summed E-state index contributed by atoms with van der Waals surface area (Å²) in [5.41, 5.74) is 7.30. The summed E-state index contributed by atoms with van der Waals surface area (Å²) in [7, 11) is 0. The molecule has 1 aliphatic rings. The van der Waals surface area contributed by atoms with E-state index in [9.17, 15) is 4.79 Å². The maximum Gasteiger partial charge on any atom is 0.251 e. The third-order valence-corrected chi connectivity index (χ3v) is 4.26. The Morgan fingerprint density at radius 2 is 1.95 bits per heavy atom. The molecule has 1 aromatic carbocycles. The number of hydrogen-bond donors (Lipinski definition) is 2. The van der Waals surface area contributed by atoms with Gasteiger partial charge in [0, 0.05) is 18.7 Å². The second-order valence-corrected chi connectivity index (χ2v) is 6.03. The Hall–Kier alpha value is -1.39. The molecule has 0 unspecified atom stereocenters. The highest BCUT2D eigenvalue weighted by atomic mass is 16.1. The van der Waals surface area contributed by atoms with Crippen molar-refractivity contribution in [1.29, 1.82) is 0 Å². The third kappa shape index (κ3) is 5.14. The lowest BCUT2D eigenvalue weighted by Gasteiger charge is -2.30. The van der Waals surface area contributed by atoms with Crippen molar-refractivity contribution in [2.24, 2.45) is 11.7 Å². The zero-order chi connectivity index (χ0) is 15.1. The first-order valence-corrected chi connectivity index (χ1v) is 7.98. The third-order valence-electron chi connectivity index (χ3n) is 4.26. The fourth-order valence-electron chi connectivity index (χ4n) is 2.68. The predicted molar refractivity (Wildman–Crippen MR) is 86.1 cm³/mol. The van der Waals surface area contributed by atoms with E-state index in [-0.39, 0.29) is 5.91 Å². The highest BCUT2D eigenvalue weighted by Gasteiger charge is 2.14. The van der Waals surface area contributed by atoms with E-state index >= 15 is 0 Å². The normalized spacial score (nSPS) is 16.9. The standard InChI is InChI=1S/C17H27N3O/c1-14-7-11-20(12-8-14)10-2-9-19-17(21)16-5-3-15(13-18)4-6-16/h3-6,14H,2,7-13,18H2,1H3,(H,19,21). The van der Waals surface area contributed by atoms with Crippen molar-refractivity contribution >= 4 is 5.91 Å². The second-order valence-electron chi connectivity index (χ2n) is 6.03. The monoisotopic (exact) mass is 289 g/mol. The SMILES string of the molecule is CC1CCN(CCCNC(=O)c2ccc(CN)cc2)CC1. The molecule has 21 heavy (non-hydrogen) atoms. The number of rotatable bonds is 6. The Morgan fingerprint density at radius 1 is 1.29 bits per heavy atom. The number of nitrogens with one attached hydrogen (secondary N) is 1. The van der Waals surface area contributed by atoms with Crippen LogP contribution in [-0.2, 0) is 6.54 Å². The Morgan fingerprint density at radius 3 is 2.57 bits per heavy atom. The van der Waals surface area contributed by atoms with Crippen molar-refractivity contribution in [2.45, 2.75) is 32.7 Å². The first-order valence-electron chi connectivity index (χ1n) is 7.98. The van der Waals surface area contributed by atoms with Gasteiger partial charge in [0.1, 0.15) is 0 Å². The summed E-state index contributed by atoms with van der Waals surface area (Å²) in [4.78, 5) is 14.5. The Bertz CT molecular complexity index is 436. The van der Waals surface area contributed by atoms with Crippen molar-refractivity contribution in [3.05, 3.63) is 35.4 Å². The van der Waals surface area contributed by atoms with E-state index in [4.69, 9.17) is 5.73 Å². The number of carbonyl (C=O) groups excluding carboxylic acids is 1. The van der Waals surface area contributed by atoms with Crippen LogP contribution in [0.3, 0.4) is 0 Å². The zero-order valence-electron chi connectivity index (χ0n) is 13.0. The summed E-state index contributed by atoms with van der Waals surface area (Å²) in [6.07, 6.45) is 3.63. The minimum absolute atomic E-state index is 0.00541. The van der Waals surface area contributed by atoms with Crippen LogP contribution in [0.2, 0.25) is 0 Å². The minimum atomic E-state index is 0.00541. The zero-order valence-corrected chi connectivity index (χ0v) is 13.0. The molecule has 0 aliphatic carbocycles. The maximum atomic E-state index is 12.0. The van der Waals surface area contributed by atoms with E-state index < -0.39 is 0 Å². The molecule has 1 aromatic rings. The lowest BCUT2D eigenvalue weighted by atomic mass is 9.99. The molecular weight excluding hydrogens is 262 g/mol. The molecule has 4 nitrogen and oxygen atoms in total. The van der Waals surface area contributed by atoms with Crippen LogP contribution in [0.1, 0.15) is 42.1 Å². The second kappa shape index (κ2) is 8.15. The van der Waals surface area contributed by atoms with Crippen LogP contribution in [0.15, 0.2) is 24.3 Å². The van der Waals surface area contributed by atoms with E-state index in [1.165, 1.54) is 25.9 Å². The summed E-state index contributed by atoms with van der Waals surface area (Å²) in [5, 5.41) is 2.99. The molecule has 1 aliphatic heterocycles. The van der Waals surface area contributed by atoms with Gasteiger partial charge in [0.05, 0.1) is 0 Å². The molecule has 1 fully saturated rings. The number of piperidine rings is 1. The van der Waals surface area contributed by atoms with Crippen molar-refractivity contribution in [2.75, 3.05) is 26.2 Å². The van der Waals surface area contributed by atoms with Gasteiger partial charge in [0.15, 0.2) is 0 Å². The molecule has 1 saturated heterocycles. The van der Waals surface area contributed by atoms with E-state index in [0.717, 1.165) is 31.0 Å². The number of nitrogens with zero attached hydrogens (tertiary/aromatic N) is 1. The van der Waals surface area contributed by atoms with Crippen LogP contribution in [0.25, 0.3) is 0 Å². The molecule has 116 valence electrons. The van der Waals surface area contributed by atoms with Crippen molar-refractivity contribution in [1.82, 2.24) is 10.2 Å². The van der Waals surface area contributed by atoms with Crippen LogP contribution < -0.4 is 11.1 Å². The number of likely N-dealkylation sites (tertiary alicyclic amines) is 1. The molecule has 2 rings (SSSR count). The number of carbonyl (C=O) groups is 1. The smallest absolute Gasteiger partial charge is 0.251 e. The van der Waals surface area contributed by atoms with Gasteiger partial charge in [-0.1, -0.05) is 19.1 Å². The van der Waals surface area contributed by atoms with Crippen molar-refractivity contribution in [3.8, 4) is 0 Å². The Kier molecular flexibility index (Phi) is 6.21. The molecule has 1 amide bonds. The van der Waals surface area contributed by atoms with Gasteiger partial charge in [-0.05, 0) is 62.5 Å². The van der Waals surface area contributed by atoms with Crippen LogP contribution in [-0.4, -0.2) is 37.0 Å². The van der Waals surface area contributed by atoms with Gasteiger partial charge in [0.2, 0.25) is 0 Å². The molecule has 0 radical (unpaired) electrons. The molecule has 0 saturated carbocycles. The fraction of sp³-hybridized carbons (Fsp3) is 0.588. The predicted octanol–water partition coefficient (Wildman–Crippen LogP) is 2.00. The van der Waals surface area contributed by atoms with Gasteiger partial charge in [-0.15, -0.1) is 0 Å². The van der Waals surface area contributed by atoms with Crippen LogP contribution in [0.4, 0.5) is 0 Å². The van der Waals surface area contributed by atoms with Crippen LogP contribution in [0.5, 0.6) is 0 Å². The van der Waals surface area contributed by atoms with Gasteiger partial charge < -0.3 is 16.0 Å². The van der Waals surface area contributed by atoms with E-state index in [1.807, 2.05) is 24.3 Å². The molecule has 0 atom stereocenters. The van der Waals surface area contributed by atoms with Crippen molar-refractivity contribution in [3.63, 3.8) is 0 Å². The van der Waals surface area contributed by atoms with Gasteiger partial charge in [-0.3, -0.25) is 4.79 Å². The average molecular weight is 289 g/mol.